The van der Waals surface area contributed by atoms with Gasteiger partial charge in [-0.05, 0) is 75.3 Å². The van der Waals surface area contributed by atoms with Crippen LogP contribution in [0.1, 0.15) is 55.1 Å². The molecule has 8 heteroatoms. The molecule has 2 aromatic heterocycles. The Labute approximate surface area is 224 Å². The molecule has 2 amide bonds. The molecule has 0 spiro atoms. The Morgan fingerprint density at radius 1 is 1.16 bits per heavy atom. The fraction of sp³-hybridized carbons (Fsp3) is 0.500. The van der Waals surface area contributed by atoms with Crippen LogP contribution >= 0.6 is 0 Å². The molecular formula is C30H38FN5O2. The van der Waals surface area contributed by atoms with Crippen molar-refractivity contribution in [3.8, 4) is 5.69 Å². The third-order valence-electron chi connectivity index (χ3n) is 8.44. The molecule has 3 aromatic rings. The van der Waals surface area contributed by atoms with E-state index in [1.807, 2.05) is 35.7 Å². The minimum atomic E-state index is -0.427. The van der Waals surface area contributed by atoms with Crippen LogP contribution in [0.5, 0.6) is 0 Å². The fourth-order valence-electron chi connectivity index (χ4n) is 6.00. The molecule has 0 aliphatic carbocycles. The average Bonchev–Trinajstić information content (AvgIpc) is 3.24. The molecule has 0 radical (unpaired) electrons. The molecule has 1 aromatic carbocycles. The Balaban J connectivity index is 1.40. The van der Waals surface area contributed by atoms with E-state index in [1.54, 1.807) is 24.9 Å². The molecule has 4 heterocycles. The number of aromatic nitrogens is 2. The number of rotatable bonds is 6. The molecule has 2 aliphatic heterocycles. The second-order valence-electron chi connectivity index (χ2n) is 11.3. The van der Waals surface area contributed by atoms with Crippen molar-refractivity contribution in [3.63, 3.8) is 0 Å². The van der Waals surface area contributed by atoms with Crippen molar-refractivity contribution in [2.75, 3.05) is 33.2 Å². The number of aryl methyl sites for hydroxylation is 1. The zero-order valence-electron chi connectivity index (χ0n) is 23.1. The summed E-state index contributed by atoms with van der Waals surface area (Å²) < 4.78 is 16.3. The van der Waals surface area contributed by atoms with Gasteiger partial charge in [0.25, 0.3) is 5.91 Å². The van der Waals surface area contributed by atoms with E-state index in [0.717, 1.165) is 61.9 Å². The number of fused-ring (bicyclic) bond motifs is 1. The SMILES string of the molecule is CC(=O)N1CCC(N2CC(Cc3cn(-c4ccc(F)cc4C(=O)N(C)C(C)C)c4cncc(C)c34)C2)CC1. The first kappa shape index (κ1) is 26.4. The van der Waals surface area contributed by atoms with Crippen LogP contribution in [0, 0.1) is 18.7 Å². The maximum Gasteiger partial charge on any atom is 0.256 e. The van der Waals surface area contributed by atoms with E-state index in [2.05, 4.69) is 23.0 Å². The van der Waals surface area contributed by atoms with Gasteiger partial charge in [0.2, 0.25) is 5.91 Å². The number of halogens is 1. The van der Waals surface area contributed by atoms with Crippen LogP contribution in [-0.2, 0) is 11.2 Å². The first-order valence-electron chi connectivity index (χ1n) is 13.6. The molecule has 2 saturated heterocycles. The number of carbonyl (C=O) groups is 2. The fourth-order valence-corrected chi connectivity index (χ4v) is 6.00. The summed E-state index contributed by atoms with van der Waals surface area (Å²) in [6.07, 6.45) is 8.87. The Hall–Kier alpha value is -3.26. The van der Waals surface area contributed by atoms with Crippen molar-refractivity contribution in [3.05, 3.63) is 59.3 Å². The van der Waals surface area contributed by atoms with E-state index in [-0.39, 0.29) is 17.9 Å². The van der Waals surface area contributed by atoms with Crippen LogP contribution in [0.4, 0.5) is 4.39 Å². The lowest BCUT2D eigenvalue weighted by Gasteiger charge is -2.47. The van der Waals surface area contributed by atoms with Crippen molar-refractivity contribution < 1.29 is 14.0 Å². The predicted octanol–water partition coefficient (Wildman–Crippen LogP) is 4.44. The molecule has 38 heavy (non-hydrogen) atoms. The lowest BCUT2D eigenvalue weighted by Crippen LogP contribution is -2.56. The number of hydrogen-bond donors (Lipinski definition) is 0. The third kappa shape index (κ3) is 4.94. The number of nitrogens with zero attached hydrogens (tertiary/aromatic N) is 5. The topological polar surface area (TPSA) is 61.7 Å². The first-order valence-corrected chi connectivity index (χ1v) is 13.6. The van der Waals surface area contributed by atoms with E-state index in [0.29, 0.717) is 23.2 Å². The molecule has 2 fully saturated rings. The maximum absolute atomic E-state index is 14.3. The summed E-state index contributed by atoms with van der Waals surface area (Å²) in [4.78, 5) is 35.6. The van der Waals surface area contributed by atoms with Gasteiger partial charge in [-0.3, -0.25) is 19.5 Å². The summed E-state index contributed by atoms with van der Waals surface area (Å²) >= 11 is 0. The van der Waals surface area contributed by atoms with Crippen molar-refractivity contribution in [1.82, 2.24) is 24.3 Å². The average molecular weight is 520 g/mol. The molecule has 2 aliphatic rings. The van der Waals surface area contributed by atoms with Gasteiger partial charge in [0.15, 0.2) is 0 Å². The normalized spacial score (nSPS) is 17.3. The van der Waals surface area contributed by atoms with Gasteiger partial charge in [-0.15, -0.1) is 0 Å². The number of carbonyl (C=O) groups excluding carboxylic acids is 2. The van der Waals surface area contributed by atoms with Gasteiger partial charge in [0.1, 0.15) is 5.82 Å². The van der Waals surface area contributed by atoms with Crippen LogP contribution in [0.25, 0.3) is 16.6 Å². The van der Waals surface area contributed by atoms with Crippen molar-refractivity contribution in [1.29, 1.82) is 0 Å². The van der Waals surface area contributed by atoms with E-state index in [9.17, 15) is 14.0 Å². The van der Waals surface area contributed by atoms with Gasteiger partial charge in [-0.25, -0.2) is 4.39 Å². The highest BCUT2D eigenvalue weighted by Crippen LogP contribution is 2.34. The van der Waals surface area contributed by atoms with E-state index in [4.69, 9.17) is 0 Å². The van der Waals surface area contributed by atoms with Gasteiger partial charge < -0.3 is 14.4 Å². The van der Waals surface area contributed by atoms with Crippen molar-refractivity contribution in [2.24, 2.45) is 5.92 Å². The van der Waals surface area contributed by atoms with Crippen molar-refractivity contribution in [2.45, 2.75) is 59.0 Å². The standard InChI is InChI=1S/C30H38FN5O2/c1-19(2)33(5)30(38)26-13-24(31)6-7-27(26)36-18-23(29-20(3)14-32-15-28(29)36)12-22-16-35(17-22)25-8-10-34(11-9-25)21(4)37/h6-7,13-15,18-19,22,25H,8-12,16-17H2,1-5H3. The summed E-state index contributed by atoms with van der Waals surface area (Å²) in [6.45, 7) is 11.4. The van der Waals surface area contributed by atoms with Crippen molar-refractivity contribution >= 4 is 22.7 Å². The van der Waals surface area contributed by atoms with Gasteiger partial charge in [-0.2, -0.15) is 0 Å². The molecule has 0 unspecified atom stereocenters. The second kappa shape index (κ2) is 10.5. The molecule has 0 N–H and O–H groups in total. The largest absolute Gasteiger partial charge is 0.343 e. The molecular weight excluding hydrogens is 481 g/mol. The summed E-state index contributed by atoms with van der Waals surface area (Å²) in [5.74, 6) is 0.0924. The van der Waals surface area contributed by atoms with Crippen LogP contribution < -0.4 is 0 Å². The maximum atomic E-state index is 14.3. The van der Waals surface area contributed by atoms with Gasteiger partial charge in [-0.1, -0.05) is 0 Å². The zero-order valence-corrected chi connectivity index (χ0v) is 23.1. The number of pyridine rings is 1. The lowest BCUT2D eigenvalue weighted by atomic mass is 9.88. The number of hydrogen-bond acceptors (Lipinski definition) is 4. The molecule has 0 saturated carbocycles. The van der Waals surface area contributed by atoms with Crippen LogP contribution in [0.15, 0.2) is 36.8 Å². The van der Waals surface area contributed by atoms with Crippen LogP contribution in [0.3, 0.4) is 0 Å². The Morgan fingerprint density at radius 3 is 2.53 bits per heavy atom. The number of likely N-dealkylation sites (tertiary alicyclic amines) is 2. The quantitative estimate of drug-likeness (QED) is 0.483. The Bertz CT molecular complexity index is 1350. The predicted molar refractivity (Wildman–Crippen MR) is 147 cm³/mol. The molecule has 0 atom stereocenters. The monoisotopic (exact) mass is 519 g/mol. The molecule has 7 nitrogen and oxygen atoms in total. The Morgan fingerprint density at radius 2 is 1.87 bits per heavy atom. The molecule has 0 bridgehead atoms. The highest BCUT2D eigenvalue weighted by Gasteiger charge is 2.35. The van der Waals surface area contributed by atoms with E-state index >= 15 is 0 Å². The minimum absolute atomic E-state index is 0.00393. The summed E-state index contributed by atoms with van der Waals surface area (Å²) in [5, 5.41) is 1.16. The third-order valence-corrected chi connectivity index (χ3v) is 8.44. The van der Waals surface area contributed by atoms with Gasteiger partial charge >= 0.3 is 0 Å². The summed E-state index contributed by atoms with van der Waals surface area (Å²) in [6, 6.07) is 5.00. The zero-order chi connectivity index (χ0) is 27.1. The van der Waals surface area contributed by atoms with E-state index in [1.165, 1.54) is 17.7 Å². The van der Waals surface area contributed by atoms with Crippen LogP contribution in [0.2, 0.25) is 0 Å². The highest BCUT2D eigenvalue weighted by molar-refractivity contribution is 5.99. The number of benzene rings is 1. The van der Waals surface area contributed by atoms with Crippen LogP contribution in [-0.4, -0.2) is 81.4 Å². The van der Waals surface area contributed by atoms with E-state index < -0.39 is 5.82 Å². The number of amides is 2. The summed E-state index contributed by atoms with van der Waals surface area (Å²) in [5.41, 5.74) is 4.27. The van der Waals surface area contributed by atoms with Gasteiger partial charge in [0.05, 0.1) is 23.0 Å². The highest BCUT2D eigenvalue weighted by atomic mass is 19.1. The number of piperidine rings is 1. The Kier molecular flexibility index (Phi) is 7.27. The molecule has 5 rings (SSSR count). The smallest absolute Gasteiger partial charge is 0.256 e. The lowest BCUT2D eigenvalue weighted by molar-refractivity contribution is -0.130. The minimum Gasteiger partial charge on any atom is -0.343 e. The second-order valence-corrected chi connectivity index (χ2v) is 11.3. The first-order chi connectivity index (χ1) is 18.1. The van der Waals surface area contributed by atoms with Gasteiger partial charge in [0, 0.05) is 70.0 Å². The molecule has 202 valence electrons. The summed E-state index contributed by atoms with van der Waals surface area (Å²) in [7, 11) is 1.75.